The van der Waals surface area contributed by atoms with E-state index in [1.807, 2.05) is 0 Å². The Morgan fingerprint density at radius 2 is 1.95 bits per heavy atom. The van der Waals surface area contributed by atoms with Crippen molar-refractivity contribution in [2.75, 3.05) is 0 Å². The van der Waals surface area contributed by atoms with Crippen LogP contribution in [0.15, 0.2) is 24.3 Å². The van der Waals surface area contributed by atoms with E-state index in [4.69, 9.17) is 5.11 Å². The van der Waals surface area contributed by atoms with Crippen LogP contribution < -0.4 is 5.32 Å². The molecular formula is C15H18FNO3. The molecule has 1 saturated carbocycles. The third-order valence-corrected chi connectivity index (χ3v) is 3.78. The Bertz CT molecular complexity index is 504. The molecule has 0 aromatic heterocycles. The van der Waals surface area contributed by atoms with Crippen LogP contribution in [0, 0.1) is 17.7 Å². The molecule has 0 spiro atoms. The molecule has 1 aromatic carbocycles. The summed E-state index contributed by atoms with van der Waals surface area (Å²) in [7, 11) is 0. The summed E-state index contributed by atoms with van der Waals surface area (Å²) in [4.78, 5) is 23.3. The Morgan fingerprint density at radius 3 is 2.60 bits per heavy atom. The van der Waals surface area contributed by atoms with E-state index in [2.05, 4.69) is 5.32 Å². The summed E-state index contributed by atoms with van der Waals surface area (Å²) >= 11 is 0. The molecule has 4 nitrogen and oxygen atoms in total. The second kappa shape index (κ2) is 6.50. The number of hydrogen-bond acceptors (Lipinski definition) is 2. The number of carboxylic acid groups (broad SMARTS) is 1. The lowest BCUT2D eigenvalue weighted by atomic mass is 9.78. The van der Waals surface area contributed by atoms with Crippen molar-refractivity contribution in [3.63, 3.8) is 0 Å². The maximum atomic E-state index is 13.0. The minimum atomic E-state index is -0.907. The number of carboxylic acids is 1. The van der Waals surface area contributed by atoms with Crippen molar-refractivity contribution in [1.29, 1.82) is 0 Å². The fraction of sp³-hybridized carbons (Fsp3) is 0.467. The van der Waals surface area contributed by atoms with Gasteiger partial charge in [-0.15, -0.1) is 0 Å². The van der Waals surface area contributed by atoms with Crippen molar-refractivity contribution < 1.29 is 19.1 Å². The maximum absolute atomic E-state index is 13.0. The van der Waals surface area contributed by atoms with E-state index in [-0.39, 0.29) is 18.3 Å². The van der Waals surface area contributed by atoms with E-state index in [1.54, 1.807) is 12.1 Å². The van der Waals surface area contributed by atoms with Crippen LogP contribution in [-0.2, 0) is 16.1 Å². The average molecular weight is 279 g/mol. The van der Waals surface area contributed by atoms with Crippen LogP contribution in [-0.4, -0.2) is 17.0 Å². The number of benzene rings is 1. The highest BCUT2D eigenvalue weighted by molar-refractivity contribution is 5.84. The van der Waals surface area contributed by atoms with Crippen molar-refractivity contribution in [1.82, 2.24) is 5.32 Å². The Balaban J connectivity index is 1.95. The van der Waals surface area contributed by atoms with Crippen LogP contribution in [0.1, 0.15) is 31.2 Å². The van der Waals surface area contributed by atoms with Gasteiger partial charge in [0.15, 0.2) is 0 Å². The molecule has 1 aliphatic carbocycles. The zero-order valence-electron chi connectivity index (χ0n) is 11.1. The molecule has 0 aliphatic heterocycles. The van der Waals surface area contributed by atoms with Gasteiger partial charge in [-0.1, -0.05) is 25.0 Å². The van der Waals surface area contributed by atoms with Gasteiger partial charge in [-0.2, -0.15) is 0 Å². The second-order valence-electron chi connectivity index (χ2n) is 5.18. The van der Waals surface area contributed by atoms with Gasteiger partial charge in [0.05, 0.1) is 11.8 Å². The van der Waals surface area contributed by atoms with E-state index in [9.17, 15) is 14.0 Å². The molecule has 1 amide bonds. The molecule has 0 unspecified atom stereocenters. The normalized spacial score (nSPS) is 22.2. The molecule has 2 rings (SSSR count). The highest BCUT2D eigenvalue weighted by Gasteiger charge is 2.35. The summed E-state index contributed by atoms with van der Waals surface area (Å²) < 4.78 is 13.0. The first-order valence-electron chi connectivity index (χ1n) is 6.83. The number of carbonyl (C=O) groups is 2. The van der Waals surface area contributed by atoms with Gasteiger partial charge in [0.25, 0.3) is 0 Å². The third kappa shape index (κ3) is 3.56. The fourth-order valence-corrected chi connectivity index (χ4v) is 2.71. The number of carbonyl (C=O) groups excluding carboxylic acids is 1. The zero-order chi connectivity index (χ0) is 14.5. The zero-order valence-corrected chi connectivity index (χ0v) is 11.1. The van der Waals surface area contributed by atoms with E-state index in [1.165, 1.54) is 12.1 Å². The molecule has 2 N–H and O–H groups in total. The summed E-state index contributed by atoms with van der Waals surface area (Å²) in [6, 6.07) is 6.00. The maximum Gasteiger partial charge on any atom is 0.307 e. The topological polar surface area (TPSA) is 66.4 Å². The first kappa shape index (κ1) is 14.5. The van der Waals surface area contributed by atoms with Crippen LogP contribution in [0.3, 0.4) is 0 Å². The van der Waals surface area contributed by atoms with Gasteiger partial charge in [0, 0.05) is 6.54 Å². The van der Waals surface area contributed by atoms with Crippen LogP contribution in [0.2, 0.25) is 0 Å². The summed E-state index contributed by atoms with van der Waals surface area (Å²) in [5, 5.41) is 11.9. The summed E-state index contributed by atoms with van der Waals surface area (Å²) in [5.74, 6) is -2.58. The largest absolute Gasteiger partial charge is 0.481 e. The third-order valence-electron chi connectivity index (χ3n) is 3.78. The van der Waals surface area contributed by atoms with Crippen molar-refractivity contribution >= 4 is 11.9 Å². The minimum absolute atomic E-state index is 0.222. The van der Waals surface area contributed by atoms with Crippen LogP contribution in [0.5, 0.6) is 0 Å². The van der Waals surface area contributed by atoms with Gasteiger partial charge in [-0.05, 0) is 30.5 Å². The van der Waals surface area contributed by atoms with Gasteiger partial charge >= 0.3 is 5.97 Å². The molecule has 2 atom stereocenters. The fourth-order valence-electron chi connectivity index (χ4n) is 2.71. The van der Waals surface area contributed by atoms with Crippen molar-refractivity contribution in [2.24, 2.45) is 11.8 Å². The predicted molar refractivity (Wildman–Crippen MR) is 71.3 cm³/mol. The molecule has 20 heavy (non-hydrogen) atoms. The molecule has 0 heterocycles. The van der Waals surface area contributed by atoms with Gasteiger partial charge in [-0.25, -0.2) is 4.39 Å². The van der Waals surface area contributed by atoms with Crippen molar-refractivity contribution in [3.05, 3.63) is 35.6 Å². The smallest absolute Gasteiger partial charge is 0.307 e. The standard InChI is InChI=1S/C15H18FNO3/c16-11-5-3-4-10(8-11)9-17-14(18)12-6-1-2-7-13(12)15(19)20/h3-5,8,12-13H,1-2,6-7,9H2,(H,17,18)(H,19,20)/t12-,13+/m1/s1. The van der Waals surface area contributed by atoms with Gasteiger partial charge in [0.1, 0.15) is 5.82 Å². The summed E-state index contributed by atoms with van der Waals surface area (Å²) in [6.45, 7) is 0.222. The summed E-state index contributed by atoms with van der Waals surface area (Å²) in [5.41, 5.74) is 0.668. The van der Waals surface area contributed by atoms with Crippen LogP contribution >= 0.6 is 0 Å². The summed E-state index contributed by atoms with van der Waals surface area (Å²) in [6.07, 6.45) is 2.88. The Morgan fingerprint density at radius 1 is 1.25 bits per heavy atom. The number of hydrogen-bond donors (Lipinski definition) is 2. The lowest BCUT2D eigenvalue weighted by Crippen LogP contribution is -2.39. The molecule has 108 valence electrons. The Labute approximate surface area is 117 Å². The quantitative estimate of drug-likeness (QED) is 0.889. The van der Waals surface area contributed by atoms with Crippen LogP contribution in [0.25, 0.3) is 0 Å². The molecule has 0 bridgehead atoms. The molecule has 1 aromatic rings. The monoisotopic (exact) mass is 279 g/mol. The molecule has 5 heteroatoms. The van der Waals surface area contributed by atoms with Crippen molar-refractivity contribution in [3.8, 4) is 0 Å². The lowest BCUT2D eigenvalue weighted by Gasteiger charge is -2.27. The Kier molecular flexibility index (Phi) is 4.71. The van der Waals surface area contributed by atoms with Gasteiger partial charge in [0.2, 0.25) is 5.91 Å². The number of nitrogens with one attached hydrogen (secondary N) is 1. The highest BCUT2D eigenvalue weighted by atomic mass is 19.1. The molecule has 1 fully saturated rings. The van der Waals surface area contributed by atoms with Gasteiger partial charge < -0.3 is 10.4 Å². The SMILES string of the molecule is O=C(O)[C@H]1CCCC[C@H]1C(=O)NCc1cccc(F)c1. The minimum Gasteiger partial charge on any atom is -0.481 e. The lowest BCUT2D eigenvalue weighted by molar-refractivity contribution is -0.148. The van der Waals surface area contributed by atoms with E-state index < -0.39 is 17.8 Å². The van der Waals surface area contributed by atoms with E-state index >= 15 is 0 Å². The molecule has 0 radical (unpaired) electrons. The van der Waals surface area contributed by atoms with Crippen molar-refractivity contribution in [2.45, 2.75) is 32.2 Å². The Hall–Kier alpha value is -1.91. The van der Waals surface area contributed by atoms with Gasteiger partial charge in [-0.3, -0.25) is 9.59 Å². The first-order chi connectivity index (χ1) is 9.58. The molecular weight excluding hydrogens is 261 g/mol. The average Bonchev–Trinajstić information content (AvgIpc) is 2.45. The number of aliphatic carboxylic acids is 1. The highest BCUT2D eigenvalue weighted by Crippen LogP contribution is 2.30. The van der Waals surface area contributed by atoms with E-state index in [0.29, 0.717) is 18.4 Å². The molecule has 1 aliphatic rings. The number of amides is 1. The molecule has 0 saturated heterocycles. The van der Waals surface area contributed by atoms with Crippen LogP contribution in [0.4, 0.5) is 4.39 Å². The number of rotatable bonds is 4. The second-order valence-corrected chi connectivity index (χ2v) is 5.18. The van der Waals surface area contributed by atoms with E-state index in [0.717, 1.165) is 12.8 Å². The first-order valence-corrected chi connectivity index (χ1v) is 6.83. The number of halogens is 1. The predicted octanol–water partition coefficient (Wildman–Crippen LogP) is 2.33.